The Bertz CT molecular complexity index is 305. The molecular formula is C9H11ClFNO2. The van der Waals surface area contributed by atoms with Crippen molar-refractivity contribution in [3.05, 3.63) is 29.0 Å². The third-order valence-electron chi connectivity index (χ3n) is 1.73. The van der Waals surface area contributed by atoms with Crippen LogP contribution in [0.25, 0.3) is 0 Å². The van der Waals surface area contributed by atoms with Gasteiger partial charge in [0.1, 0.15) is 5.82 Å². The van der Waals surface area contributed by atoms with Crippen LogP contribution in [0.4, 0.5) is 10.1 Å². The number of hydrogen-bond donors (Lipinski definition) is 3. The third kappa shape index (κ3) is 2.83. The fraction of sp³-hybridized carbons (Fsp3) is 0.333. The van der Waals surface area contributed by atoms with Crippen molar-refractivity contribution < 1.29 is 14.6 Å². The number of aliphatic hydroxyl groups is 2. The van der Waals surface area contributed by atoms with Gasteiger partial charge in [0.2, 0.25) is 0 Å². The van der Waals surface area contributed by atoms with Gasteiger partial charge in [-0.1, -0.05) is 11.6 Å². The summed E-state index contributed by atoms with van der Waals surface area (Å²) in [4.78, 5) is 0. The molecule has 0 bridgehead atoms. The molecule has 14 heavy (non-hydrogen) atoms. The minimum Gasteiger partial charge on any atom is -0.394 e. The number of halogens is 2. The van der Waals surface area contributed by atoms with Gasteiger partial charge in [-0.3, -0.25) is 0 Å². The van der Waals surface area contributed by atoms with Crippen LogP contribution in [0.1, 0.15) is 0 Å². The van der Waals surface area contributed by atoms with Gasteiger partial charge in [0.15, 0.2) is 0 Å². The summed E-state index contributed by atoms with van der Waals surface area (Å²) < 4.78 is 12.7. The third-order valence-corrected chi connectivity index (χ3v) is 2.02. The Kier molecular flexibility index (Phi) is 4.13. The van der Waals surface area contributed by atoms with Crippen LogP contribution < -0.4 is 5.32 Å². The molecule has 0 aliphatic rings. The molecule has 0 atom stereocenters. The lowest BCUT2D eigenvalue weighted by molar-refractivity contribution is 0.204. The zero-order valence-electron chi connectivity index (χ0n) is 7.37. The molecule has 0 unspecified atom stereocenters. The number of hydrogen-bond acceptors (Lipinski definition) is 3. The maximum absolute atomic E-state index is 12.7. The summed E-state index contributed by atoms with van der Waals surface area (Å²) >= 11 is 5.54. The average Bonchev–Trinajstić information content (AvgIpc) is 2.19. The molecule has 5 heteroatoms. The van der Waals surface area contributed by atoms with Crippen molar-refractivity contribution in [2.75, 3.05) is 18.5 Å². The molecule has 1 aromatic rings. The van der Waals surface area contributed by atoms with Gasteiger partial charge >= 0.3 is 0 Å². The molecule has 0 heterocycles. The van der Waals surface area contributed by atoms with Crippen LogP contribution in [0.5, 0.6) is 0 Å². The normalized spacial score (nSPS) is 10.6. The van der Waals surface area contributed by atoms with Crippen molar-refractivity contribution in [3.8, 4) is 0 Å². The molecule has 1 rings (SSSR count). The molecular weight excluding hydrogens is 209 g/mol. The summed E-state index contributed by atoms with van der Waals surface area (Å²) in [6, 6.07) is 3.64. The van der Waals surface area contributed by atoms with Crippen molar-refractivity contribution in [2.24, 2.45) is 0 Å². The van der Waals surface area contributed by atoms with Crippen molar-refractivity contribution in [2.45, 2.75) is 6.04 Å². The van der Waals surface area contributed by atoms with Crippen molar-refractivity contribution >= 4 is 17.3 Å². The van der Waals surface area contributed by atoms with Gasteiger partial charge in [0.05, 0.1) is 24.3 Å². The summed E-state index contributed by atoms with van der Waals surface area (Å²) in [5, 5.41) is 20.4. The van der Waals surface area contributed by atoms with Crippen LogP contribution in [0.15, 0.2) is 18.2 Å². The van der Waals surface area contributed by atoms with E-state index in [1.807, 2.05) is 0 Å². The maximum Gasteiger partial charge on any atom is 0.141 e. The molecule has 0 aliphatic heterocycles. The number of rotatable bonds is 4. The van der Waals surface area contributed by atoms with E-state index in [-0.39, 0.29) is 18.2 Å². The van der Waals surface area contributed by atoms with Gasteiger partial charge in [-0.2, -0.15) is 0 Å². The van der Waals surface area contributed by atoms with Crippen LogP contribution in [-0.2, 0) is 0 Å². The molecule has 0 radical (unpaired) electrons. The Balaban J connectivity index is 2.72. The Morgan fingerprint density at radius 3 is 2.50 bits per heavy atom. The largest absolute Gasteiger partial charge is 0.394 e. The molecule has 0 saturated heterocycles. The molecule has 0 amide bonds. The molecule has 0 aromatic heterocycles. The molecule has 1 aromatic carbocycles. The molecule has 3 nitrogen and oxygen atoms in total. The van der Waals surface area contributed by atoms with Crippen LogP contribution in [-0.4, -0.2) is 29.5 Å². The summed E-state index contributed by atoms with van der Waals surface area (Å²) in [6.07, 6.45) is 0. The Morgan fingerprint density at radius 2 is 2.00 bits per heavy atom. The monoisotopic (exact) mass is 219 g/mol. The van der Waals surface area contributed by atoms with E-state index in [4.69, 9.17) is 21.8 Å². The number of anilines is 1. The lowest BCUT2D eigenvalue weighted by atomic mass is 10.2. The molecule has 0 aliphatic carbocycles. The minimum atomic E-state index is -0.498. The molecule has 0 saturated carbocycles. The number of nitrogens with one attached hydrogen (secondary N) is 1. The van der Waals surface area contributed by atoms with E-state index in [9.17, 15) is 4.39 Å². The lowest BCUT2D eigenvalue weighted by Crippen LogP contribution is -2.27. The van der Waals surface area contributed by atoms with Crippen LogP contribution >= 0.6 is 11.6 Å². The fourth-order valence-corrected chi connectivity index (χ4v) is 1.15. The van der Waals surface area contributed by atoms with Crippen LogP contribution in [0, 0.1) is 5.82 Å². The van der Waals surface area contributed by atoms with Gasteiger partial charge in [-0.15, -0.1) is 0 Å². The summed E-state index contributed by atoms with van der Waals surface area (Å²) in [7, 11) is 0. The van der Waals surface area contributed by atoms with E-state index < -0.39 is 11.9 Å². The van der Waals surface area contributed by atoms with Crippen molar-refractivity contribution in [3.63, 3.8) is 0 Å². The Morgan fingerprint density at radius 1 is 1.36 bits per heavy atom. The van der Waals surface area contributed by atoms with E-state index in [1.54, 1.807) is 0 Å². The first-order chi connectivity index (χ1) is 6.67. The standard InChI is InChI=1S/C9H11ClFNO2/c10-8-3-6(1-2-9(8)11)12-7(4-13)5-14/h1-3,7,12-14H,4-5H2. The smallest absolute Gasteiger partial charge is 0.141 e. The van der Waals surface area contributed by atoms with Gasteiger partial charge in [-0.05, 0) is 18.2 Å². The zero-order chi connectivity index (χ0) is 10.6. The predicted molar refractivity (Wildman–Crippen MR) is 53.0 cm³/mol. The summed E-state index contributed by atoms with van der Waals surface area (Å²) in [5.74, 6) is -0.498. The quantitative estimate of drug-likeness (QED) is 0.714. The highest BCUT2D eigenvalue weighted by molar-refractivity contribution is 6.31. The highest BCUT2D eigenvalue weighted by atomic mass is 35.5. The number of aliphatic hydroxyl groups excluding tert-OH is 2. The molecule has 3 N–H and O–H groups in total. The van der Waals surface area contributed by atoms with E-state index in [0.717, 1.165) is 0 Å². The molecule has 0 fully saturated rings. The second-order valence-electron chi connectivity index (χ2n) is 2.84. The zero-order valence-corrected chi connectivity index (χ0v) is 8.13. The van der Waals surface area contributed by atoms with E-state index in [1.165, 1.54) is 18.2 Å². The second kappa shape index (κ2) is 5.14. The van der Waals surface area contributed by atoms with Crippen LogP contribution in [0.2, 0.25) is 5.02 Å². The summed E-state index contributed by atoms with van der Waals surface area (Å²) in [5.41, 5.74) is 0.560. The maximum atomic E-state index is 12.7. The van der Waals surface area contributed by atoms with Gasteiger partial charge in [0, 0.05) is 5.69 Å². The first-order valence-electron chi connectivity index (χ1n) is 4.10. The van der Waals surface area contributed by atoms with Crippen molar-refractivity contribution in [1.29, 1.82) is 0 Å². The Labute approximate surface area is 86.1 Å². The SMILES string of the molecule is OCC(CO)Nc1ccc(F)c(Cl)c1. The first-order valence-corrected chi connectivity index (χ1v) is 4.48. The fourth-order valence-electron chi connectivity index (χ4n) is 0.971. The highest BCUT2D eigenvalue weighted by Gasteiger charge is 2.06. The topological polar surface area (TPSA) is 52.5 Å². The summed E-state index contributed by atoms with van der Waals surface area (Å²) in [6.45, 7) is -0.406. The predicted octanol–water partition coefficient (Wildman–Crippen LogP) is 1.24. The molecule has 78 valence electrons. The Hall–Kier alpha value is -0.840. The second-order valence-corrected chi connectivity index (χ2v) is 3.24. The first kappa shape index (κ1) is 11.2. The van der Waals surface area contributed by atoms with Crippen LogP contribution in [0.3, 0.4) is 0 Å². The van der Waals surface area contributed by atoms with Gasteiger partial charge in [-0.25, -0.2) is 4.39 Å². The minimum absolute atomic E-state index is 0.00429. The van der Waals surface area contributed by atoms with E-state index in [0.29, 0.717) is 5.69 Å². The van der Waals surface area contributed by atoms with Gasteiger partial charge < -0.3 is 15.5 Å². The van der Waals surface area contributed by atoms with Crippen molar-refractivity contribution in [1.82, 2.24) is 0 Å². The molecule has 0 spiro atoms. The van der Waals surface area contributed by atoms with E-state index >= 15 is 0 Å². The highest BCUT2D eigenvalue weighted by Crippen LogP contribution is 2.19. The van der Waals surface area contributed by atoms with E-state index in [2.05, 4.69) is 5.32 Å². The van der Waals surface area contributed by atoms with Gasteiger partial charge in [0.25, 0.3) is 0 Å². The average molecular weight is 220 g/mol. The lowest BCUT2D eigenvalue weighted by Gasteiger charge is -2.14. The number of benzene rings is 1.